The molecule has 0 aromatic heterocycles. The monoisotopic (exact) mass is 254 g/mol. The Balaban J connectivity index is 1.82. The lowest BCUT2D eigenvalue weighted by molar-refractivity contribution is 0.141. The molecule has 2 aliphatic rings. The van der Waals surface area contributed by atoms with Crippen molar-refractivity contribution in [3.63, 3.8) is 0 Å². The van der Waals surface area contributed by atoms with Gasteiger partial charge in [-0.05, 0) is 32.9 Å². The summed E-state index contributed by atoms with van der Waals surface area (Å²) in [5.41, 5.74) is 0. The van der Waals surface area contributed by atoms with Crippen LogP contribution >= 0.6 is 0 Å². The van der Waals surface area contributed by atoms with Gasteiger partial charge in [0.2, 0.25) is 0 Å². The summed E-state index contributed by atoms with van der Waals surface area (Å²) in [5.74, 6) is 0.719. The summed E-state index contributed by atoms with van der Waals surface area (Å²) >= 11 is 0. The highest BCUT2D eigenvalue weighted by Gasteiger charge is 2.28. The quantitative estimate of drug-likeness (QED) is 0.787. The molecule has 1 heterocycles. The lowest BCUT2D eigenvalue weighted by Crippen LogP contribution is -2.48. The van der Waals surface area contributed by atoms with Crippen LogP contribution in [-0.2, 0) is 4.74 Å². The highest BCUT2D eigenvalue weighted by atomic mass is 16.5. The maximum Gasteiger partial charge on any atom is 0.0510 e. The van der Waals surface area contributed by atoms with E-state index >= 15 is 0 Å². The van der Waals surface area contributed by atoms with Crippen molar-refractivity contribution in [1.82, 2.24) is 10.2 Å². The summed E-state index contributed by atoms with van der Waals surface area (Å²) in [6.45, 7) is 6.38. The van der Waals surface area contributed by atoms with Gasteiger partial charge in [0.05, 0.1) is 6.61 Å². The van der Waals surface area contributed by atoms with Gasteiger partial charge in [0.15, 0.2) is 0 Å². The van der Waals surface area contributed by atoms with Gasteiger partial charge in [0.1, 0.15) is 0 Å². The van der Waals surface area contributed by atoms with E-state index in [2.05, 4.69) is 24.2 Å². The zero-order valence-corrected chi connectivity index (χ0v) is 12.2. The number of hydrogen-bond acceptors (Lipinski definition) is 3. The molecule has 2 unspecified atom stereocenters. The zero-order valence-electron chi connectivity index (χ0n) is 12.2. The number of rotatable bonds is 6. The van der Waals surface area contributed by atoms with E-state index < -0.39 is 0 Å². The zero-order chi connectivity index (χ0) is 12.8. The van der Waals surface area contributed by atoms with Crippen LogP contribution in [0.3, 0.4) is 0 Å². The van der Waals surface area contributed by atoms with E-state index in [0.717, 1.165) is 31.7 Å². The molecule has 1 aliphatic carbocycles. The average Bonchev–Trinajstić information content (AvgIpc) is 2.93. The molecule has 0 aromatic rings. The summed E-state index contributed by atoms with van der Waals surface area (Å²) < 4.78 is 5.55. The predicted molar refractivity (Wildman–Crippen MR) is 75.9 cm³/mol. The topological polar surface area (TPSA) is 24.5 Å². The summed E-state index contributed by atoms with van der Waals surface area (Å²) in [6, 6.07) is 1.44. The van der Waals surface area contributed by atoms with Crippen molar-refractivity contribution in [2.75, 3.05) is 33.4 Å². The smallest absolute Gasteiger partial charge is 0.0510 e. The van der Waals surface area contributed by atoms with Crippen molar-refractivity contribution in [2.24, 2.45) is 5.92 Å². The molecule has 2 atom stereocenters. The van der Waals surface area contributed by atoms with Crippen LogP contribution in [0.2, 0.25) is 0 Å². The molecule has 3 nitrogen and oxygen atoms in total. The van der Waals surface area contributed by atoms with Crippen LogP contribution in [0.1, 0.15) is 45.4 Å². The molecule has 2 fully saturated rings. The molecule has 0 spiro atoms. The normalized spacial score (nSPS) is 27.8. The van der Waals surface area contributed by atoms with Crippen LogP contribution in [0, 0.1) is 5.92 Å². The van der Waals surface area contributed by atoms with Crippen molar-refractivity contribution in [3.8, 4) is 0 Å². The van der Waals surface area contributed by atoms with E-state index in [1.165, 1.54) is 45.1 Å². The fourth-order valence-corrected chi connectivity index (χ4v) is 3.49. The minimum Gasteiger partial charge on any atom is -0.381 e. The first-order valence-electron chi connectivity index (χ1n) is 7.82. The largest absolute Gasteiger partial charge is 0.381 e. The summed E-state index contributed by atoms with van der Waals surface area (Å²) in [6.07, 6.45) is 8.32. The molecule has 1 saturated heterocycles. The van der Waals surface area contributed by atoms with Gasteiger partial charge in [0, 0.05) is 31.2 Å². The first-order valence-corrected chi connectivity index (χ1v) is 7.82. The van der Waals surface area contributed by atoms with Gasteiger partial charge in [-0.15, -0.1) is 0 Å². The molecule has 0 bridgehead atoms. The first kappa shape index (κ1) is 14.3. The molecule has 106 valence electrons. The van der Waals surface area contributed by atoms with Gasteiger partial charge in [0.25, 0.3) is 0 Å². The van der Waals surface area contributed by atoms with Gasteiger partial charge in [-0.3, -0.25) is 0 Å². The van der Waals surface area contributed by atoms with E-state index in [4.69, 9.17) is 4.74 Å². The molecule has 0 aromatic carbocycles. The third-order valence-corrected chi connectivity index (χ3v) is 4.68. The maximum atomic E-state index is 5.55. The predicted octanol–water partition coefficient (Wildman–Crippen LogP) is 2.27. The van der Waals surface area contributed by atoms with Crippen LogP contribution in [-0.4, -0.2) is 50.3 Å². The van der Waals surface area contributed by atoms with Crippen molar-refractivity contribution in [2.45, 2.75) is 57.5 Å². The highest BCUT2D eigenvalue weighted by molar-refractivity contribution is 4.84. The standard InChI is InChI=1S/C15H30N2O/c1-3-16-15(13-9-10-18-12-13)11-17(2)14-7-5-4-6-8-14/h13-16H,3-12H2,1-2H3. The van der Waals surface area contributed by atoms with Crippen molar-refractivity contribution < 1.29 is 4.74 Å². The van der Waals surface area contributed by atoms with Crippen molar-refractivity contribution >= 4 is 0 Å². The van der Waals surface area contributed by atoms with Gasteiger partial charge in [-0.2, -0.15) is 0 Å². The van der Waals surface area contributed by atoms with Gasteiger partial charge in [-0.25, -0.2) is 0 Å². The van der Waals surface area contributed by atoms with E-state index in [1.54, 1.807) is 0 Å². The SMILES string of the molecule is CCNC(CN(C)C1CCCCC1)C1CCOC1. The molecular weight excluding hydrogens is 224 g/mol. The maximum absolute atomic E-state index is 5.55. The highest BCUT2D eigenvalue weighted by Crippen LogP contribution is 2.23. The Labute approximate surface area is 112 Å². The van der Waals surface area contributed by atoms with Gasteiger partial charge in [-0.1, -0.05) is 26.2 Å². The Hall–Kier alpha value is -0.120. The number of ether oxygens (including phenoxy) is 1. The lowest BCUT2D eigenvalue weighted by atomic mass is 9.92. The second-order valence-electron chi connectivity index (χ2n) is 6.02. The van der Waals surface area contributed by atoms with Crippen molar-refractivity contribution in [1.29, 1.82) is 0 Å². The average molecular weight is 254 g/mol. The second-order valence-corrected chi connectivity index (χ2v) is 6.02. The van der Waals surface area contributed by atoms with Crippen LogP contribution in [0.5, 0.6) is 0 Å². The lowest BCUT2D eigenvalue weighted by Gasteiger charge is -2.35. The van der Waals surface area contributed by atoms with Crippen LogP contribution in [0.25, 0.3) is 0 Å². The van der Waals surface area contributed by atoms with Gasteiger partial charge >= 0.3 is 0 Å². The molecule has 3 heteroatoms. The van der Waals surface area contributed by atoms with Crippen LogP contribution in [0.15, 0.2) is 0 Å². The number of nitrogens with zero attached hydrogens (tertiary/aromatic N) is 1. The Morgan fingerprint density at radius 3 is 2.61 bits per heavy atom. The van der Waals surface area contributed by atoms with E-state index in [9.17, 15) is 0 Å². The van der Waals surface area contributed by atoms with E-state index in [1.807, 2.05) is 0 Å². The molecule has 2 rings (SSSR count). The Bertz CT molecular complexity index is 223. The van der Waals surface area contributed by atoms with E-state index in [-0.39, 0.29) is 0 Å². The van der Waals surface area contributed by atoms with Gasteiger partial charge < -0.3 is 15.0 Å². The third kappa shape index (κ3) is 3.94. The molecule has 1 N–H and O–H groups in total. The number of hydrogen-bond donors (Lipinski definition) is 1. The minimum atomic E-state index is 0.615. The fraction of sp³-hybridized carbons (Fsp3) is 1.00. The van der Waals surface area contributed by atoms with E-state index in [0.29, 0.717) is 6.04 Å². The van der Waals surface area contributed by atoms with Crippen LogP contribution < -0.4 is 5.32 Å². The Morgan fingerprint density at radius 1 is 1.22 bits per heavy atom. The minimum absolute atomic E-state index is 0.615. The summed E-state index contributed by atoms with van der Waals surface area (Å²) in [5, 5.41) is 3.67. The second kappa shape index (κ2) is 7.46. The Morgan fingerprint density at radius 2 is 2.00 bits per heavy atom. The van der Waals surface area contributed by atoms with Crippen molar-refractivity contribution in [3.05, 3.63) is 0 Å². The molecule has 18 heavy (non-hydrogen) atoms. The molecule has 0 radical (unpaired) electrons. The molecule has 1 aliphatic heterocycles. The Kier molecular flexibility index (Phi) is 5.93. The molecule has 1 saturated carbocycles. The summed E-state index contributed by atoms with van der Waals surface area (Å²) in [4.78, 5) is 2.60. The number of nitrogens with one attached hydrogen (secondary N) is 1. The van der Waals surface area contributed by atoms with Crippen LogP contribution in [0.4, 0.5) is 0 Å². The fourth-order valence-electron chi connectivity index (χ4n) is 3.49. The first-order chi connectivity index (χ1) is 8.81. The summed E-state index contributed by atoms with van der Waals surface area (Å²) in [7, 11) is 2.32. The molecule has 0 amide bonds. The molecular formula is C15H30N2O. The number of likely N-dealkylation sites (N-methyl/N-ethyl adjacent to an activating group) is 2. The third-order valence-electron chi connectivity index (χ3n) is 4.68.